The van der Waals surface area contributed by atoms with Gasteiger partial charge in [0.1, 0.15) is 12.4 Å². The molecular weight excluding hydrogens is 529 g/mol. The lowest BCUT2D eigenvalue weighted by Crippen LogP contribution is -2.44. The molecule has 0 aliphatic carbocycles. The highest BCUT2D eigenvalue weighted by Gasteiger charge is 2.34. The number of piperazine rings is 1. The minimum Gasteiger partial charge on any atom is -0.387 e. The Bertz CT molecular complexity index is 1520. The van der Waals surface area contributed by atoms with Crippen molar-refractivity contribution in [3.05, 3.63) is 65.1 Å². The Morgan fingerprint density at radius 1 is 1.08 bits per heavy atom. The Morgan fingerprint density at radius 3 is 2.56 bits per heavy atom. The lowest BCUT2D eigenvalue weighted by atomic mass is 10.1. The largest absolute Gasteiger partial charge is 0.387 e. The van der Waals surface area contributed by atoms with Crippen molar-refractivity contribution < 1.29 is 27.5 Å². The quantitative estimate of drug-likeness (QED) is 0.338. The van der Waals surface area contributed by atoms with Gasteiger partial charge in [0.15, 0.2) is 5.82 Å². The first-order chi connectivity index (χ1) is 18.7. The Morgan fingerprint density at radius 2 is 1.85 bits per heavy atom. The Balaban J connectivity index is 1.34. The number of anilines is 3. The van der Waals surface area contributed by atoms with Crippen molar-refractivity contribution in [2.24, 2.45) is 0 Å². The lowest BCUT2D eigenvalue weighted by Gasteiger charge is -2.35. The summed E-state index contributed by atoms with van der Waals surface area (Å²) in [5, 5.41) is 21.5. The Labute approximate surface area is 224 Å². The molecule has 3 heterocycles. The number of rotatable bonds is 7. The molecular formula is C25H28FN7O5S. The average Bonchev–Trinajstić information content (AvgIpc) is 3.52. The van der Waals surface area contributed by atoms with Gasteiger partial charge in [-0.3, -0.25) is 14.7 Å². The van der Waals surface area contributed by atoms with Crippen molar-refractivity contribution in [2.45, 2.75) is 18.0 Å². The van der Waals surface area contributed by atoms with Gasteiger partial charge >= 0.3 is 0 Å². The number of carbonyl (C=O) groups excluding carboxylic acids is 2. The number of nitrogens with one attached hydrogen (secondary N) is 3. The number of sulfonamides is 1. The van der Waals surface area contributed by atoms with Crippen LogP contribution in [0.3, 0.4) is 0 Å². The Hall–Kier alpha value is -3.85. The van der Waals surface area contributed by atoms with Gasteiger partial charge in [-0.15, -0.1) is 0 Å². The van der Waals surface area contributed by atoms with E-state index < -0.39 is 34.3 Å². The first kappa shape index (κ1) is 26.7. The normalized spacial score (nSPS) is 16.2. The first-order valence-electron chi connectivity index (χ1n) is 12.3. The van der Waals surface area contributed by atoms with Crippen LogP contribution in [0.4, 0.5) is 21.6 Å². The molecule has 2 aliphatic heterocycles. The third kappa shape index (κ3) is 5.49. The molecule has 39 heavy (non-hydrogen) atoms. The van der Waals surface area contributed by atoms with Crippen molar-refractivity contribution in [1.29, 1.82) is 0 Å². The number of nitrogens with zero attached hydrogens (tertiary/aromatic N) is 4. The predicted octanol–water partition coefficient (Wildman–Crippen LogP) is 1.19. The van der Waals surface area contributed by atoms with Crippen LogP contribution < -0.4 is 15.5 Å². The maximum absolute atomic E-state index is 13.6. The molecule has 206 valence electrons. The van der Waals surface area contributed by atoms with Crippen molar-refractivity contribution in [3.8, 4) is 0 Å². The topological polar surface area (TPSA) is 151 Å². The lowest BCUT2D eigenvalue weighted by molar-refractivity contribution is -0.118. The highest BCUT2D eigenvalue weighted by atomic mass is 32.2. The van der Waals surface area contributed by atoms with Gasteiger partial charge in [-0.1, -0.05) is 6.07 Å². The highest BCUT2D eigenvalue weighted by molar-refractivity contribution is 7.89. The molecule has 0 radical (unpaired) electrons. The van der Waals surface area contributed by atoms with E-state index in [-0.39, 0.29) is 29.4 Å². The third-order valence-corrected chi connectivity index (χ3v) is 8.60. The number of aromatic nitrogens is 2. The molecule has 14 heteroatoms. The molecule has 0 unspecified atom stereocenters. The molecule has 5 rings (SSSR count). The molecule has 1 fully saturated rings. The number of fused-ring (bicyclic) bond motifs is 1. The molecule has 0 spiro atoms. The fraction of sp³-hybridized carbons (Fsp3) is 0.320. The summed E-state index contributed by atoms with van der Waals surface area (Å²) in [6, 6.07) is 9.69. The van der Waals surface area contributed by atoms with Crippen molar-refractivity contribution in [3.63, 3.8) is 0 Å². The summed E-state index contributed by atoms with van der Waals surface area (Å²) in [5.74, 6) is -1.60. The number of hydrogen-bond acceptors (Lipinski definition) is 8. The third-order valence-electron chi connectivity index (χ3n) is 6.81. The van der Waals surface area contributed by atoms with Gasteiger partial charge < -0.3 is 25.5 Å². The molecule has 3 aromatic rings. The van der Waals surface area contributed by atoms with Crippen LogP contribution in [-0.4, -0.2) is 84.6 Å². The number of hydrogen-bond donors (Lipinski definition) is 4. The number of halogens is 1. The standard InChI is InChI=1S/C25H28FN7O5S/c1-31-7-9-32(10-8-31)22-6-5-16(11-20(22)27-23(35)15-34)25(36)28-24-19-13-33(14-21(19)29-30-24)39(37,38)18-4-2-3-17(26)12-18/h2-6,11-12,34H,7-10,13-15H2,1H3,(H,27,35)(H2,28,29,30,36). The van der Waals surface area contributed by atoms with Crippen LogP contribution in [0, 0.1) is 5.82 Å². The number of benzene rings is 2. The van der Waals surface area contributed by atoms with E-state index in [1.165, 1.54) is 28.6 Å². The second-order valence-electron chi connectivity index (χ2n) is 9.44. The van der Waals surface area contributed by atoms with E-state index in [9.17, 15) is 27.5 Å². The van der Waals surface area contributed by atoms with Crippen LogP contribution in [0.15, 0.2) is 47.4 Å². The van der Waals surface area contributed by atoms with Crippen molar-refractivity contribution in [2.75, 3.05) is 55.4 Å². The summed E-state index contributed by atoms with van der Waals surface area (Å²) in [4.78, 5) is 29.3. The zero-order chi connectivity index (χ0) is 27.7. The van der Waals surface area contributed by atoms with Crippen LogP contribution in [0.5, 0.6) is 0 Å². The van der Waals surface area contributed by atoms with E-state index in [0.717, 1.165) is 37.9 Å². The fourth-order valence-corrected chi connectivity index (χ4v) is 6.04. The molecule has 4 N–H and O–H groups in total. The minimum atomic E-state index is -3.97. The zero-order valence-electron chi connectivity index (χ0n) is 21.1. The summed E-state index contributed by atoms with van der Waals surface area (Å²) in [6.07, 6.45) is 0. The second kappa shape index (κ2) is 10.7. The molecule has 12 nitrogen and oxygen atoms in total. The Kier molecular flexibility index (Phi) is 7.36. The number of H-pyrrole nitrogens is 1. The van der Waals surface area contributed by atoms with Crippen LogP contribution >= 0.6 is 0 Å². The second-order valence-corrected chi connectivity index (χ2v) is 11.4. The monoisotopic (exact) mass is 557 g/mol. The zero-order valence-corrected chi connectivity index (χ0v) is 22.0. The highest BCUT2D eigenvalue weighted by Crippen LogP contribution is 2.33. The number of likely N-dealkylation sites (N-methyl/N-ethyl adjacent to an activating group) is 1. The fourth-order valence-electron chi connectivity index (χ4n) is 4.63. The number of aliphatic hydroxyl groups excluding tert-OH is 1. The summed E-state index contributed by atoms with van der Waals surface area (Å²) in [6.45, 7) is 2.39. The molecule has 2 aliphatic rings. The van der Waals surface area contributed by atoms with Crippen LogP contribution in [0.25, 0.3) is 0 Å². The number of carbonyl (C=O) groups is 2. The van der Waals surface area contributed by atoms with Gasteiger partial charge in [-0.2, -0.15) is 9.40 Å². The van der Waals surface area contributed by atoms with Gasteiger partial charge in [0, 0.05) is 43.9 Å². The van der Waals surface area contributed by atoms with Gasteiger partial charge in [0.2, 0.25) is 15.9 Å². The maximum atomic E-state index is 13.6. The van der Waals surface area contributed by atoms with Gasteiger partial charge in [-0.25, -0.2) is 12.8 Å². The average molecular weight is 558 g/mol. The number of amides is 2. The number of aromatic amines is 1. The summed E-state index contributed by atoms with van der Waals surface area (Å²) < 4.78 is 40.8. The van der Waals surface area contributed by atoms with Crippen molar-refractivity contribution in [1.82, 2.24) is 19.4 Å². The summed E-state index contributed by atoms with van der Waals surface area (Å²) in [7, 11) is -1.94. The van der Waals surface area contributed by atoms with E-state index >= 15 is 0 Å². The van der Waals surface area contributed by atoms with Crippen molar-refractivity contribution >= 4 is 39.0 Å². The van der Waals surface area contributed by atoms with Gasteiger partial charge in [0.25, 0.3) is 5.91 Å². The molecule has 0 saturated carbocycles. The van der Waals surface area contributed by atoms with Gasteiger partial charge in [-0.05, 0) is 43.4 Å². The molecule has 1 aromatic heterocycles. The predicted molar refractivity (Wildman–Crippen MR) is 141 cm³/mol. The van der Waals surface area contributed by atoms with Crippen LogP contribution in [0.1, 0.15) is 21.6 Å². The maximum Gasteiger partial charge on any atom is 0.256 e. The molecule has 0 atom stereocenters. The van der Waals surface area contributed by atoms with Crippen LogP contribution in [-0.2, 0) is 27.9 Å². The van der Waals surface area contributed by atoms with E-state index in [0.29, 0.717) is 16.9 Å². The SMILES string of the molecule is CN1CCN(c2ccc(C(=O)Nc3n[nH]c4c3CN(S(=O)(=O)c3cccc(F)c3)C4)cc2NC(=O)CO)CC1. The van der Waals surface area contributed by atoms with E-state index in [4.69, 9.17) is 0 Å². The van der Waals surface area contributed by atoms with Crippen LogP contribution in [0.2, 0.25) is 0 Å². The molecule has 2 aromatic carbocycles. The molecule has 1 saturated heterocycles. The molecule has 0 bridgehead atoms. The minimum absolute atomic E-state index is 0.00584. The summed E-state index contributed by atoms with van der Waals surface area (Å²) in [5.41, 5.74) is 2.39. The van der Waals surface area contributed by atoms with Gasteiger partial charge in [0.05, 0.1) is 28.5 Å². The first-order valence-corrected chi connectivity index (χ1v) is 13.7. The summed E-state index contributed by atoms with van der Waals surface area (Å²) >= 11 is 0. The van der Waals surface area contributed by atoms with E-state index in [1.54, 1.807) is 12.1 Å². The smallest absolute Gasteiger partial charge is 0.256 e. The van der Waals surface area contributed by atoms with E-state index in [2.05, 4.69) is 30.6 Å². The van der Waals surface area contributed by atoms with E-state index in [1.807, 2.05) is 7.05 Å². The molecule has 2 amide bonds. The number of aliphatic hydroxyl groups is 1.